The van der Waals surface area contributed by atoms with Gasteiger partial charge < -0.3 is 14.8 Å². The molecule has 1 aliphatic heterocycles. The molecule has 1 saturated heterocycles. The van der Waals surface area contributed by atoms with Crippen LogP contribution in [0.2, 0.25) is 0 Å². The Bertz CT molecular complexity index is 496. The lowest BCUT2D eigenvalue weighted by Crippen LogP contribution is -2.37. The Hall–Kier alpha value is -1.66. The van der Waals surface area contributed by atoms with E-state index in [0.717, 1.165) is 43.0 Å². The molecule has 5 nitrogen and oxygen atoms in total. The third-order valence-electron chi connectivity index (χ3n) is 3.35. The molecular formula is C15H21N3O2S. The Morgan fingerprint density at radius 1 is 1.43 bits per heavy atom. The van der Waals surface area contributed by atoms with Gasteiger partial charge in [-0.25, -0.2) is 0 Å². The summed E-state index contributed by atoms with van der Waals surface area (Å²) in [5.41, 5.74) is 4.73. The number of thiocarbonyl (C=S) groups is 1. The quantitative estimate of drug-likeness (QED) is 0.495. The van der Waals surface area contributed by atoms with Gasteiger partial charge in [0.25, 0.3) is 0 Å². The Balaban J connectivity index is 1.79. The summed E-state index contributed by atoms with van der Waals surface area (Å²) in [4.78, 5) is 0. The Morgan fingerprint density at radius 2 is 2.19 bits per heavy atom. The normalized spacial score (nSPS) is 18.4. The van der Waals surface area contributed by atoms with Gasteiger partial charge in [-0.05, 0) is 61.8 Å². The molecule has 21 heavy (non-hydrogen) atoms. The van der Waals surface area contributed by atoms with E-state index >= 15 is 0 Å². The summed E-state index contributed by atoms with van der Waals surface area (Å²) in [7, 11) is 1.65. The van der Waals surface area contributed by atoms with Crippen molar-refractivity contribution < 1.29 is 9.47 Å². The van der Waals surface area contributed by atoms with Crippen molar-refractivity contribution in [2.45, 2.75) is 25.9 Å². The summed E-state index contributed by atoms with van der Waals surface area (Å²) in [6.45, 7) is 3.50. The molecular weight excluding hydrogens is 286 g/mol. The third-order valence-corrected chi connectivity index (χ3v) is 3.58. The van der Waals surface area contributed by atoms with Crippen molar-refractivity contribution in [3.63, 3.8) is 0 Å². The van der Waals surface area contributed by atoms with Gasteiger partial charge in [-0.3, -0.25) is 5.43 Å². The number of rotatable bonds is 5. The minimum atomic E-state index is 0.261. The van der Waals surface area contributed by atoms with Gasteiger partial charge in [-0.1, -0.05) is 0 Å². The number of hydrogen-bond acceptors (Lipinski definition) is 4. The molecule has 0 amide bonds. The number of hydrazone groups is 1. The van der Waals surface area contributed by atoms with Crippen molar-refractivity contribution in [3.05, 3.63) is 29.8 Å². The minimum absolute atomic E-state index is 0.261. The highest BCUT2D eigenvalue weighted by Crippen LogP contribution is 2.12. The van der Waals surface area contributed by atoms with Crippen LogP contribution in [0.1, 0.15) is 25.3 Å². The van der Waals surface area contributed by atoms with E-state index in [1.165, 1.54) is 0 Å². The smallest absolute Gasteiger partial charge is 0.187 e. The van der Waals surface area contributed by atoms with E-state index in [1.807, 2.05) is 31.2 Å². The molecule has 0 aromatic heterocycles. The lowest BCUT2D eigenvalue weighted by Gasteiger charge is -2.12. The van der Waals surface area contributed by atoms with Crippen molar-refractivity contribution in [3.8, 4) is 5.75 Å². The number of nitrogens with zero attached hydrogens (tertiary/aromatic N) is 1. The topological polar surface area (TPSA) is 54.9 Å². The van der Waals surface area contributed by atoms with Crippen LogP contribution >= 0.6 is 12.2 Å². The van der Waals surface area contributed by atoms with Gasteiger partial charge in [0.1, 0.15) is 5.75 Å². The first-order valence-corrected chi connectivity index (χ1v) is 7.44. The second-order valence-electron chi connectivity index (χ2n) is 4.88. The molecule has 2 N–H and O–H groups in total. The summed E-state index contributed by atoms with van der Waals surface area (Å²) in [5.74, 6) is 0.827. The molecule has 1 aromatic carbocycles. The molecule has 1 fully saturated rings. The molecule has 1 atom stereocenters. The lowest BCUT2D eigenvalue weighted by molar-refractivity contribution is 0.114. The van der Waals surface area contributed by atoms with Crippen molar-refractivity contribution in [1.29, 1.82) is 0 Å². The van der Waals surface area contributed by atoms with Gasteiger partial charge in [-0.15, -0.1) is 0 Å². The standard InChI is InChI=1S/C15H21N3O2S/c1-11(12-5-7-13(19-2)8-6-12)17-18-15(21)16-10-14-4-3-9-20-14/h5-8,14H,3-4,9-10H2,1-2H3,(H2,16,18,21)/b17-11-/t14-/m1/s1. The van der Waals surface area contributed by atoms with E-state index in [4.69, 9.17) is 21.7 Å². The van der Waals surface area contributed by atoms with Crippen molar-refractivity contribution >= 4 is 23.0 Å². The predicted octanol–water partition coefficient (Wildman–Crippen LogP) is 2.06. The van der Waals surface area contributed by atoms with E-state index in [1.54, 1.807) is 7.11 Å². The maximum atomic E-state index is 5.52. The van der Waals surface area contributed by atoms with Gasteiger partial charge in [0.2, 0.25) is 0 Å². The van der Waals surface area contributed by atoms with Gasteiger partial charge in [0.05, 0.1) is 18.9 Å². The van der Waals surface area contributed by atoms with Crippen LogP contribution in [0.5, 0.6) is 5.75 Å². The molecule has 1 heterocycles. The highest BCUT2D eigenvalue weighted by Gasteiger charge is 2.15. The Labute approximate surface area is 130 Å². The maximum absolute atomic E-state index is 5.52. The summed E-state index contributed by atoms with van der Waals surface area (Å²) in [5, 5.41) is 7.91. The van der Waals surface area contributed by atoms with Crippen LogP contribution in [0.25, 0.3) is 0 Å². The molecule has 1 aliphatic rings. The van der Waals surface area contributed by atoms with E-state index in [2.05, 4.69) is 15.8 Å². The number of nitrogens with one attached hydrogen (secondary N) is 2. The number of benzene rings is 1. The lowest BCUT2D eigenvalue weighted by atomic mass is 10.1. The fraction of sp³-hybridized carbons (Fsp3) is 0.467. The molecule has 2 rings (SSSR count). The second kappa shape index (κ2) is 7.95. The largest absolute Gasteiger partial charge is 0.497 e. The number of methoxy groups -OCH3 is 1. The van der Waals surface area contributed by atoms with Gasteiger partial charge >= 0.3 is 0 Å². The Kier molecular flexibility index (Phi) is 5.95. The Morgan fingerprint density at radius 3 is 2.81 bits per heavy atom. The SMILES string of the molecule is COc1ccc(/C(C)=N\NC(=S)NC[C@H]2CCCO2)cc1. The van der Waals surface area contributed by atoms with Crippen molar-refractivity contribution in [2.75, 3.05) is 20.3 Å². The van der Waals surface area contributed by atoms with Crippen LogP contribution in [-0.4, -0.2) is 37.2 Å². The molecule has 114 valence electrons. The monoisotopic (exact) mass is 307 g/mol. The number of hydrogen-bond donors (Lipinski definition) is 2. The summed E-state index contributed by atoms with van der Waals surface area (Å²) in [6, 6.07) is 7.73. The van der Waals surface area contributed by atoms with Crippen LogP contribution in [0.3, 0.4) is 0 Å². The zero-order valence-electron chi connectivity index (χ0n) is 12.4. The summed E-state index contributed by atoms with van der Waals surface area (Å²) < 4.78 is 10.7. The van der Waals surface area contributed by atoms with Crippen LogP contribution in [-0.2, 0) is 4.74 Å². The minimum Gasteiger partial charge on any atom is -0.497 e. The molecule has 6 heteroatoms. The van der Waals surface area contributed by atoms with E-state index in [-0.39, 0.29) is 6.10 Å². The average molecular weight is 307 g/mol. The molecule has 0 spiro atoms. The maximum Gasteiger partial charge on any atom is 0.187 e. The van der Waals surface area contributed by atoms with Crippen LogP contribution in [0.4, 0.5) is 0 Å². The van der Waals surface area contributed by atoms with Gasteiger partial charge in [0, 0.05) is 13.2 Å². The summed E-state index contributed by atoms with van der Waals surface area (Å²) >= 11 is 5.19. The molecule has 0 aliphatic carbocycles. The second-order valence-corrected chi connectivity index (χ2v) is 5.29. The van der Waals surface area contributed by atoms with Crippen LogP contribution in [0, 0.1) is 0 Å². The summed E-state index contributed by atoms with van der Waals surface area (Å²) in [6.07, 6.45) is 2.47. The van der Waals surface area contributed by atoms with Gasteiger partial charge in [-0.2, -0.15) is 5.10 Å². The predicted molar refractivity (Wildman–Crippen MR) is 87.9 cm³/mol. The first-order chi connectivity index (χ1) is 10.2. The fourth-order valence-electron chi connectivity index (χ4n) is 2.08. The van der Waals surface area contributed by atoms with E-state index in [9.17, 15) is 0 Å². The third kappa shape index (κ3) is 4.99. The zero-order valence-corrected chi connectivity index (χ0v) is 13.2. The number of ether oxygens (including phenoxy) is 2. The molecule has 0 radical (unpaired) electrons. The molecule has 0 bridgehead atoms. The van der Waals surface area contributed by atoms with Gasteiger partial charge in [0.15, 0.2) is 5.11 Å². The van der Waals surface area contributed by atoms with Crippen molar-refractivity contribution in [2.24, 2.45) is 5.10 Å². The van der Waals surface area contributed by atoms with E-state index in [0.29, 0.717) is 5.11 Å². The van der Waals surface area contributed by atoms with Crippen molar-refractivity contribution in [1.82, 2.24) is 10.7 Å². The molecule has 0 saturated carbocycles. The molecule has 0 unspecified atom stereocenters. The first-order valence-electron chi connectivity index (χ1n) is 7.03. The molecule has 1 aromatic rings. The fourth-order valence-corrected chi connectivity index (χ4v) is 2.21. The highest BCUT2D eigenvalue weighted by molar-refractivity contribution is 7.80. The van der Waals surface area contributed by atoms with Crippen LogP contribution < -0.4 is 15.5 Å². The van der Waals surface area contributed by atoms with Crippen LogP contribution in [0.15, 0.2) is 29.4 Å². The highest BCUT2D eigenvalue weighted by atomic mass is 32.1. The van der Waals surface area contributed by atoms with E-state index < -0.39 is 0 Å². The zero-order chi connectivity index (χ0) is 15.1. The first kappa shape index (κ1) is 15.7. The average Bonchev–Trinajstić information content (AvgIpc) is 3.04.